The maximum absolute atomic E-state index is 12.4. The predicted molar refractivity (Wildman–Crippen MR) is 96.1 cm³/mol. The van der Waals surface area contributed by atoms with Crippen LogP contribution < -0.4 is 10.6 Å². The molecular formula is C18H16N2O4S. The highest BCUT2D eigenvalue weighted by molar-refractivity contribution is 8.00. The van der Waals surface area contributed by atoms with Crippen molar-refractivity contribution >= 4 is 40.9 Å². The lowest BCUT2D eigenvalue weighted by molar-refractivity contribution is -0.115. The van der Waals surface area contributed by atoms with Gasteiger partial charge >= 0.3 is 5.97 Å². The number of nitrogens with one attached hydrogen (secondary N) is 2. The first-order valence-corrected chi connectivity index (χ1v) is 8.47. The Labute approximate surface area is 148 Å². The van der Waals surface area contributed by atoms with Crippen molar-refractivity contribution in [1.82, 2.24) is 0 Å². The van der Waals surface area contributed by atoms with E-state index in [0.29, 0.717) is 22.5 Å². The molecule has 2 aromatic carbocycles. The normalized spacial score (nSPS) is 15.8. The van der Waals surface area contributed by atoms with E-state index in [-0.39, 0.29) is 17.1 Å². The lowest BCUT2D eigenvalue weighted by Gasteiger charge is -2.21. The van der Waals surface area contributed by atoms with E-state index in [1.54, 1.807) is 36.4 Å². The predicted octanol–water partition coefficient (Wildman–Crippen LogP) is 3.16. The fraction of sp³-hybridized carbons (Fsp3) is 0.167. The number of methoxy groups -OCH3 is 1. The summed E-state index contributed by atoms with van der Waals surface area (Å²) in [6.07, 6.45) is 0. The lowest BCUT2D eigenvalue weighted by atomic mass is 10.1. The molecule has 2 amide bonds. The van der Waals surface area contributed by atoms with Crippen LogP contribution in [0.15, 0.2) is 47.4 Å². The molecule has 1 unspecified atom stereocenters. The monoisotopic (exact) mass is 356 g/mol. The van der Waals surface area contributed by atoms with Crippen molar-refractivity contribution in [3.05, 3.63) is 53.6 Å². The molecule has 0 aromatic heterocycles. The zero-order chi connectivity index (χ0) is 18.0. The highest BCUT2D eigenvalue weighted by Crippen LogP contribution is 2.36. The third-order valence-corrected chi connectivity index (χ3v) is 4.89. The average Bonchev–Trinajstić information content (AvgIpc) is 2.61. The van der Waals surface area contributed by atoms with Gasteiger partial charge in [-0.25, -0.2) is 4.79 Å². The molecular weight excluding hydrogens is 340 g/mol. The van der Waals surface area contributed by atoms with Gasteiger partial charge in [-0.2, -0.15) is 0 Å². The Morgan fingerprint density at radius 1 is 1.16 bits per heavy atom. The number of fused-ring (bicyclic) bond motifs is 1. The van der Waals surface area contributed by atoms with Gasteiger partial charge in [0.15, 0.2) is 0 Å². The van der Waals surface area contributed by atoms with Gasteiger partial charge in [-0.3, -0.25) is 9.59 Å². The number of carbonyl (C=O) groups excluding carboxylic acids is 3. The minimum Gasteiger partial charge on any atom is -0.465 e. The molecule has 2 aromatic rings. The van der Waals surface area contributed by atoms with Crippen molar-refractivity contribution < 1.29 is 19.1 Å². The van der Waals surface area contributed by atoms with Crippen LogP contribution in [0.3, 0.4) is 0 Å². The number of ether oxygens (including phenoxy) is 1. The van der Waals surface area contributed by atoms with E-state index in [1.165, 1.54) is 18.9 Å². The van der Waals surface area contributed by atoms with Crippen LogP contribution in [0.4, 0.5) is 11.4 Å². The molecule has 3 rings (SSSR count). The molecule has 0 fully saturated rings. The van der Waals surface area contributed by atoms with Gasteiger partial charge in [-0.05, 0) is 43.3 Å². The van der Waals surface area contributed by atoms with Crippen molar-refractivity contribution in [3.63, 3.8) is 0 Å². The van der Waals surface area contributed by atoms with Gasteiger partial charge < -0.3 is 15.4 Å². The van der Waals surface area contributed by atoms with Crippen LogP contribution in [-0.2, 0) is 9.53 Å². The Kier molecular flexibility index (Phi) is 4.76. The summed E-state index contributed by atoms with van der Waals surface area (Å²) < 4.78 is 4.67. The van der Waals surface area contributed by atoms with Gasteiger partial charge in [0.05, 0.1) is 23.6 Å². The van der Waals surface area contributed by atoms with Crippen LogP contribution in [0.5, 0.6) is 0 Å². The fourth-order valence-electron chi connectivity index (χ4n) is 2.40. The smallest absolute Gasteiger partial charge is 0.337 e. The Morgan fingerprint density at radius 3 is 2.72 bits per heavy atom. The summed E-state index contributed by atoms with van der Waals surface area (Å²) in [6, 6.07) is 11.7. The second-order valence-corrected chi connectivity index (χ2v) is 6.87. The molecule has 0 bridgehead atoms. The first-order valence-electron chi connectivity index (χ1n) is 7.59. The lowest BCUT2D eigenvalue weighted by Crippen LogP contribution is -2.26. The first-order chi connectivity index (χ1) is 12.0. The van der Waals surface area contributed by atoms with Crippen molar-refractivity contribution in [2.45, 2.75) is 17.1 Å². The summed E-state index contributed by atoms with van der Waals surface area (Å²) in [6.45, 7) is 1.83. The van der Waals surface area contributed by atoms with Crippen molar-refractivity contribution in [2.75, 3.05) is 17.7 Å². The minimum absolute atomic E-state index is 0.0826. The number of thioether (sulfide) groups is 1. The summed E-state index contributed by atoms with van der Waals surface area (Å²) in [7, 11) is 1.30. The molecule has 1 atom stereocenters. The van der Waals surface area contributed by atoms with Gasteiger partial charge in [0.1, 0.15) is 0 Å². The maximum atomic E-state index is 12.4. The Bertz CT molecular complexity index is 866. The van der Waals surface area contributed by atoms with Gasteiger partial charge in [0.25, 0.3) is 5.91 Å². The van der Waals surface area contributed by atoms with E-state index in [2.05, 4.69) is 15.4 Å². The van der Waals surface area contributed by atoms with Crippen molar-refractivity contribution in [1.29, 1.82) is 0 Å². The van der Waals surface area contributed by atoms with Crippen LogP contribution in [0.25, 0.3) is 0 Å². The highest BCUT2D eigenvalue weighted by Gasteiger charge is 2.23. The summed E-state index contributed by atoms with van der Waals surface area (Å²) in [4.78, 5) is 36.7. The van der Waals surface area contributed by atoms with E-state index in [0.717, 1.165) is 4.90 Å². The summed E-state index contributed by atoms with van der Waals surface area (Å²) in [5.74, 6) is -0.887. The zero-order valence-corrected chi connectivity index (χ0v) is 14.5. The Balaban J connectivity index is 1.79. The Morgan fingerprint density at radius 2 is 1.96 bits per heavy atom. The summed E-state index contributed by atoms with van der Waals surface area (Å²) in [5, 5.41) is 5.38. The van der Waals surface area contributed by atoms with Crippen LogP contribution >= 0.6 is 11.8 Å². The summed E-state index contributed by atoms with van der Waals surface area (Å²) >= 11 is 1.46. The molecule has 0 aliphatic carbocycles. The van der Waals surface area contributed by atoms with E-state index in [1.807, 2.05) is 13.0 Å². The first kappa shape index (κ1) is 17.0. The zero-order valence-electron chi connectivity index (χ0n) is 13.7. The molecule has 25 heavy (non-hydrogen) atoms. The van der Waals surface area contributed by atoms with Gasteiger partial charge in [0.2, 0.25) is 5.91 Å². The molecule has 0 saturated carbocycles. The molecule has 1 aliphatic heterocycles. The van der Waals surface area contributed by atoms with Gasteiger partial charge in [-0.15, -0.1) is 11.8 Å². The second-order valence-electron chi connectivity index (χ2n) is 5.49. The summed E-state index contributed by atoms with van der Waals surface area (Å²) in [5.41, 5.74) is 1.88. The van der Waals surface area contributed by atoms with Crippen LogP contribution in [-0.4, -0.2) is 30.1 Å². The molecule has 0 spiro atoms. The number of hydrogen-bond donors (Lipinski definition) is 2. The van der Waals surface area contributed by atoms with Crippen molar-refractivity contribution in [3.8, 4) is 0 Å². The number of benzene rings is 2. The van der Waals surface area contributed by atoms with Gasteiger partial charge in [0, 0.05) is 16.1 Å². The quantitative estimate of drug-likeness (QED) is 0.825. The maximum Gasteiger partial charge on any atom is 0.337 e. The SMILES string of the molecule is COC(=O)c1cccc(NC(=O)c2ccc3c(c2)NC(=O)C(C)S3)c1. The van der Waals surface area contributed by atoms with Crippen LogP contribution in [0.1, 0.15) is 27.6 Å². The number of amides is 2. The van der Waals surface area contributed by atoms with E-state index >= 15 is 0 Å². The number of hydrogen-bond acceptors (Lipinski definition) is 5. The third kappa shape index (κ3) is 3.66. The number of anilines is 2. The molecule has 7 heteroatoms. The fourth-order valence-corrected chi connectivity index (χ4v) is 3.33. The number of rotatable bonds is 3. The third-order valence-electron chi connectivity index (χ3n) is 3.71. The van der Waals surface area contributed by atoms with Crippen LogP contribution in [0.2, 0.25) is 0 Å². The minimum atomic E-state index is -0.473. The standard InChI is InChI=1S/C18H16N2O4S/c1-10-16(21)20-14-9-11(6-7-15(14)25-10)17(22)19-13-5-3-4-12(8-13)18(23)24-2/h3-10H,1-2H3,(H,19,22)(H,20,21). The molecule has 0 radical (unpaired) electrons. The second kappa shape index (κ2) is 6.98. The van der Waals surface area contributed by atoms with E-state index in [4.69, 9.17) is 0 Å². The number of carbonyl (C=O) groups is 3. The molecule has 0 saturated heterocycles. The van der Waals surface area contributed by atoms with E-state index in [9.17, 15) is 14.4 Å². The average molecular weight is 356 g/mol. The number of esters is 1. The Hall–Kier alpha value is -2.80. The highest BCUT2D eigenvalue weighted by atomic mass is 32.2. The van der Waals surface area contributed by atoms with Crippen LogP contribution in [0, 0.1) is 0 Å². The van der Waals surface area contributed by atoms with Crippen molar-refractivity contribution in [2.24, 2.45) is 0 Å². The molecule has 2 N–H and O–H groups in total. The molecule has 1 heterocycles. The largest absolute Gasteiger partial charge is 0.465 e. The molecule has 128 valence electrons. The molecule has 1 aliphatic rings. The van der Waals surface area contributed by atoms with E-state index < -0.39 is 5.97 Å². The molecule has 6 nitrogen and oxygen atoms in total. The topological polar surface area (TPSA) is 84.5 Å². The van der Waals surface area contributed by atoms with Gasteiger partial charge in [-0.1, -0.05) is 6.07 Å².